The molecule has 1 aliphatic rings. The van der Waals surface area contributed by atoms with Gasteiger partial charge in [-0.1, -0.05) is 11.6 Å². The largest absolute Gasteiger partial charge is 0.436 e. The molecule has 2 heterocycles. The van der Waals surface area contributed by atoms with Crippen molar-refractivity contribution in [3.05, 3.63) is 59.4 Å². The predicted molar refractivity (Wildman–Crippen MR) is 112 cm³/mol. The minimum atomic E-state index is -0.937. The lowest BCUT2D eigenvalue weighted by molar-refractivity contribution is -0.129. The van der Waals surface area contributed by atoms with Gasteiger partial charge in [0, 0.05) is 23.1 Å². The van der Waals surface area contributed by atoms with Crippen molar-refractivity contribution in [3.63, 3.8) is 0 Å². The average molecular weight is 417 g/mol. The van der Waals surface area contributed by atoms with Crippen LogP contribution in [-0.4, -0.2) is 36.2 Å². The predicted octanol–water partition coefficient (Wildman–Crippen LogP) is 3.53. The minimum Gasteiger partial charge on any atom is -0.436 e. The molecule has 154 valence electrons. The number of benzene rings is 1. The summed E-state index contributed by atoms with van der Waals surface area (Å²) in [5.74, 6) is -0.0331. The van der Waals surface area contributed by atoms with Gasteiger partial charge >= 0.3 is 6.09 Å². The highest BCUT2D eigenvalue weighted by atomic mass is 35.5. The first-order chi connectivity index (χ1) is 14.0. The molecule has 1 saturated heterocycles. The Bertz CT molecular complexity index is 810. The summed E-state index contributed by atoms with van der Waals surface area (Å²) in [4.78, 5) is 28.9. The summed E-state index contributed by atoms with van der Waals surface area (Å²) in [5, 5.41) is 9.55. The summed E-state index contributed by atoms with van der Waals surface area (Å²) in [6.45, 7) is 3.39. The van der Waals surface area contributed by atoms with Crippen LogP contribution in [0, 0.1) is 5.92 Å². The Hall–Kier alpha value is -2.64. The third kappa shape index (κ3) is 6.17. The van der Waals surface area contributed by atoms with E-state index in [0.717, 1.165) is 31.5 Å². The number of rotatable bonds is 6. The summed E-state index contributed by atoms with van der Waals surface area (Å²) in [5.41, 5.74) is 1.54. The molecule has 2 atom stereocenters. The fraction of sp³-hybridized carbons (Fsp3) is 0.381. The van der Waals surface area contributed by atoms with Crippen molar-refractivity contribution in [1.29, 1.82) is 0 Å². The summed E-state index contributed by atoms with van der Waals surface area (Å²) < 4.78 is 5.25. The van der Waals surface area contributed by atoms with E-state index in [1.54, 1.807) is 43.6 Å². The lowest BCUT2D eigenvalue weighted by Crippen LogP contribution is -2.43. The van der Waals surface area contributed by atoms with Crippen molar-refractivity contribution < 1.29 is 14.3 Å². The van der Waals surface area contributed by atoms with Crippen molar-refractivity contribution >= 4 is 29.3 Å². The summed E-state index contributed by atoms with van der Waals surface area (Å²) in [6.07, 6.45) is 3.72. The molecule has 29 heavy (non-hydrogen) atoms. The van der Waals surface area contributed by atoms with E-state index in [4.69, 9.17) is 16.3 Å². The van der Waals surface area contributed by atoms with Gasteiger partial charge in [-0.2, -0.15) is 0 Å². The van der Waals surface area contributed by atoms with Gasteiger partial charge in [-0.3, -0.25) is 15.1 Å². The highest BCUT2D eigenvalue weighted by Crippen LogP contribution is 2.28. The van der Waals surface area contributed by atoms with Crippen LogP contribution < -0.4 is 16.0 Å². The molecule has 3 N–H and O–H groups in total. The molecule has 1 fully saturated rings. The first kappa shape index (κ1) is 21.1. The molecule has 0 spiro atoms. The van der Waals surface area contributed by atoms with E-state index in [-0.39, 0.29) is 11.9 Å². The molecule has 3 rings (SSSR count). The zero-order valence-electron chi connectivity index (χ0n) is 16.2. The molecular formula is C21H25ClN4O3. The van der Waals surface area contributed by atoms with E-state index in [1.807, 2.05) is 12.1 Å². The minimum absolute atomic E-state index is 0.155. The van der Waals surface area contributed by atoms with Gasteiger partial charge in [0.05, 0.1) is 6.04 Å². The maximum atomic E-state index is 12.7. The van der Waals surface area contributed by atoms with Gasteiger partial charge in [-0.05, 0) is 80.7 Å². The number of ether oxygens (including phenoxy) is 1. The second-order valence-corrected chi connectivity index (χ2v) is 7.47. The van der Waals surface area contributed by atoms with Gasteiger partial charge in [0.2, 0.25) is 0 Å². The highest BCUT2D eigenvalue weighted by Gasteiger charge is 2.29. The molecule has 2 unspecified atom stereocenters. The zero-order chi connectivity index (χ0) is 20.6. The maximum Gasteiger partial charge on any atom is 0.412 e. The van der Waals surface area contributed by atoms with Crippen molar-refractivity contribution in [2.75, 3.05) is 18.4 Å². The van der Waals surface area contributed by atoms with Crippen LogP contribution in [0.3, 0.4) is 0 Å². The molecule has 1 aromatic heterocycles. The fourth-order valence-electron chi connectivity index (χ4n) is 3.39. The Balaban J connectivity index is 1.60. The molecule has 0 saturated carbocycles. The van der Waals surface area contributed by atoms with Crippen molar-refractivity contribution in [2.24, 2.45) is 5.92 Å². The second kappa shape index (κ2) is 10.2. The normalized spacial score (nSPS) is 16.5. The molecule has 2 aromatic rings. The molecule has 8 heteroatoms. The number of halogens is 1. The number of amides is 2. The number of carbonyl (C=O) groups excluding carboxylic acids is 2. The van der Waals surface area contributed by atoms with Gasteiger partial charge in [-0.15, -0.1) is 0 Å². The van der Waals surface area contributed by atoms with Crippen LogP contribution in [0.1, 0.15) is 31.4 Å². The summed E-state index contributed by atoms with van der Waals surface area (Å²) in [6, 6.07) is 10.3. The van der Waals surface area contributed by atoms with Crippen LogP contribution in [0.2, 0.25) is 5.02 Å². The Kier molecular flexibility index (Phi) is 7.43. The lowest BCUT2D eigenvalue weighted by Gasteiger charge is -2.32. The van der Waals surface area contributed by atoms with E-state index in [1.165, 1.54) is 0 Å². The number of carbonyl (C=O) groups is 2. The molecule has 1 aromatic carbocycles. The number of hydrogen-bond acceptors (Lipinski definition) is 5. The molecule has 0 bridgehead atoms. The molecule has 0 aliphatic carbocycles. The van der Waals surface area contributed by atoms with Crippen LogP contribution in [0.4, 0.5) is 10.5 Å². The smallest absolute Gasteiger partial charge is 0.412 e. The topological polar surface area (TPSA) is 92.3 Å². The number of nitrogens with one attached hydrogen (secondary N) is 3. The van der Waals surface area contributed by atoms with E-state index in [0.29, 0.717) is 16.6 Å². The SMILES string of the molecule is CC(OC(=O)Nc1ccc(Cl)cc1)C(=O)NC(c1ccncc1)C1CCNCC1. The second-order valence-electron chi connectivity index (χ2n) is 7.03. The van der Waals surface area contributed by atoms with E-state index >= 15 is 0 Å². The number of pyridine rings is 1. The van der Waals surface area contributed by atoms with Crippen molar-refractivity contribution in [3.8, 4) is 0 Å². The van der Waals surface area contributed by atoms with Crippen molar-refractivity contribution in [2.45, 2.75) is 31.9 Å². The molecular weight excluding hydrogens is 392 g/mol. The third-order valence-corrected chi connectivity index (χ3v) is 5.21. The average Bonchev–Trinajstić information content (AvgIpc) is 2.74. The van der Waals surface area contributed by atoms with Crippen molar-refractivity contribution in [1.82, 2.24) is 15.6 Å². The number of piperidine rings is 1. The van der Waals surface area contributed by atoms with Gasteiger partial charge in [0.15, 0.2) is 6.10 Å². The molecule has 1 aliphatic heterocycles. The van der Waals surface area contributed by atoms with Gasteiger partial charge in [0.25, 0.3) is 5.91 Å². The van der Waals surface area contributed by atoms with E-state index in [2.05, 4.69) is 20.9 Å². The maximum absolute atomic E-state index is 12.7. The number of hydrogen-bond donors (Lipinski definition) is 3. The number of aromatic nitrogens is 1. The number of anilines is 1. The third-order valence-electron chi connectivity index (χ3n) is 4.96. The fourth-order valence-corrected chi connectivity index (χ4v) is 3.51. The monoisotopic (exact) mass is 416 g/mol. The van der Waals surface area contributed by atoms with Crippen LogP contribution in [0.5, 0.6) is 0 Å². The van der Waals surface area contributed by atoms with E-state index < -0.39 is 12.2 Å². The summed E-state index contributed by atoms with van der Waals surface area (Å²) >= 11 is 5.83. The Morgan fingerprint density at radius 3 is 2.45 bits per heavy atom. The molecule has 2 amide bonds. The van der Waals surface area contributed by atoms with Gasteiger partial charge < -0.3 is 15.4 Å². The Labute approximate surface area is 175 Å². The quantitative estimate of drug-likeness (QED) is 0.670. The van der Waals surface area contributed by atoms with Crippen LogP contribution in [-0.2, 0) is 9.53 Å². The Morgan fingerprint density at radius 2 is 1.79 bits per heavy atom. The van der Waals surface area contributed by atoms with Gasteiger partial charge in [0.1, 0.15) is 0 Å². The summed E-state index contributed by atoms with van der Waals surface area (Å²) in [7, 11) is 0. The molecule has 7 nitrogen and oxygen atoms in total. The lowest BCUT2D eigenvalue weighted by atomic mass is 9.86. The first-order valence-corrected chi connectivity index (χ1v) is 10.0. The Morgan fingerprint density at radius 1 is 1.14 bits per heavy atom. The molecule has 0 radical (unpaired) electrons. The highest BCUT2D eigenvalue weighted by molar-refractivity contribution is 6.30. The zero-order valence-corrected chi connectivity index (χ0v) is 17.0. The van der Waals surface area contributed by atoms with Gasteiger partial charge in [-0.25, -0.2) is 4.79 Å². The van der Waals surface area contributed by atoms with Crippen LogP contribution in [0.25, 0.3) is 0 Å². The van der Waals surface area contributed by atoms with E-state index in [9.17, 15) is 9.59 Å². The van der Waals surface area contributed by atoms with Crippen LogP contribution >= 0.6 is 11.6 Å². The standard InChI is InChI=1S/C21H25ClN4O3/c1-14(29-21(28)25-18-4-2-17(22)3-5-18)20(27)26-19(15-6-10-23-11-7-15)16-8-12-24-13-9-16/h2-7,10-11,14,16,19,24H,8-9,12-13H2,1H3,(H,25,28)(H,26,27). The van der Waals surface area contributed by atoms with Crippen LogP contribution in [0.15, 0.2) is 48.8 Å². The number of nitrogens with zero attached hydrogens (tertiary/aromatic N) is 1. The first-order valence-electron chi connectivity index (χ1n) is 9.67.